The average molecular weight is 462 g/mol. The van der Waals surface area contributed by atoms with Gasteiger partial charge in [-0.15, -0.1) is 0 Å². The summed E-state index contributed by atoms with van der Waals surface area (Å²) >= 11 is 0. The molecule has 0 radical (unpaired) electrons. The lowest BCUT2D eigenvalue weighted by molar-refractivity contribution is -0.00714. The first-order valence-corrected chi connectivity index (χ1v) is 11.1. The van der Waals surface area contributed by atoms with Gasteiger partial charge in [-0.25, -0.2) is 4.79 Å². The van der Waals surface area contributed by atoms with Gasteiger partial charge in [0.15, 0.2) is 0 Å². The molecule has 1 aliphatic heterocycles. The van der Waals surface area contributed by atoms with Crippen LogP contribution in [0.5, 0.6) is 11.5 Å². The van der Waals surface area contributed by atoms with Gasteiger partial charge in [0, 0.05) is 14.1 Å². The zero-order valence-corrected chi connectivity index (χ0v) is 19.8. The van der Waals surface area contributed by atoms with Gasteiger partial charge in [-0.2, -0.15) is 0 Å². The number of benzene rings is 2. The molecule has 176 valence electrons. The van der Waals surface area contributed by atoms with Crippen molar-refractivity contribution in [2.45, 2.75) is 25.5 Å². The highest BCUT2D eigenvalue weighted by atomic mass is 16.5. The van der Waals surface area contributed by atoms with Gasteiger partial charge in [-0.05, 0) is 61.4 Å². The van der Waals surface area contributed by atoms with Crippen LogP contribution < -0.4 is 16.0 Å². The van der Waals surface area contributed by atoms with Gasteiger partial charge in [0.25, 0.3) is 5.56 Å². The molecule has 0 spiro atoms. The van der Waals surface area contributed by atoms with E-state index < -0.39 is 17.3 Å². The monoisotopic (exact) mass is 461 g/mol. The van der Waals surface area contributed by atoms with Crippen LogP contribution in [0.3, 0.4) is 0 Å². The summed E-state index contributed by atoms with van der Waals surface area (Å²) in [6.45, 7) is 4.46. The maximum Gasteiger partial charge on any atom is 0.331 e. The van der Waals surface area contributed by atoms with Crippen LogP contribution in [0.2, 0.25) is 0 Å². The van der Waals surface area contributed by atoms with Gasteiger partial charge < -0.3 is 19.1 Å². The minimum atomic E-state index is -0.577. The molecule has 0 saturated heterocycles. The topological polar surface area (TPSA) is 87.6 Å². The summed E-state index contributed by atoms with van der Waals surface area (Å²) in [5.41, 5.74) is 2.24. The van der Waals surface area contributed by atoms with Crippen molar-refractivity contribution in [1.82, 2.24) is 13.7 Å². The molecule has 3 heterocycles. The van der Waals surface area contributed by atoms with Crippen molar-refractivity contribution in [3.05, 3.63) is 80.6 Å². The maximum atomic E-state index is 13.6. The Hall–Kier alpha value is -3.78. The predicted octanol–water partition coefficient (Wildman–Crippen LogP) is 3.27. The highest BCUT2D eigenvalue weighted by molar-refractivity contribution is 5.97. The third-order valence-corrected chi connectivity index (χ3v) is 6.60. The predicted molar refractivity (Wildman–Crippen MR) is 130 cm³/mol. The molecule has 0 bridgehead atoms. The van der Waals surface area contributed by atoms with Crippen molar-refractivity contribution in [1.29, 1.82) is 0 Å². The van der Waals surface area contributed by atoms with E-state index in [-0.39, 0.29) is 11.3 Å². The van der Waals surface area contributed by atoms with E-state index in [1.807, 2.05) is 44.2 Å². The molecule has 5 rings (SSSR count). The van der Waals surface area contributed by atoms with E-state index in [1.54, 1.807) is 32.4 Å². The number of phenolic OH excluding ortho intramolecular Hbond substituents is 1. The van der Waals surface area contributed by atoms with Crippen LogP contribution in [0, 0.1) is 0 Å². The first-order chi connectivity index (χ1) is 16.2. The van der Waals surface area contributed by atoms with Crippen molar-refractivity contribution < 1.29 is 14.6 Å². The number of methoxy groups -OCH3 is 1. The molecule has 0 amide bonds. The Morgan fingerprint density at radius 3 is 2.41 bits per heavy atom. The Morgan fingerprint density at radius 1 is 1.06 bits per heavy atom. The number of aromatic hydroxyl groups is 1. The number of aryl methyl sites for hydroxylation is 1. The standard InChI is InChI=1S/C26H27N3O5/c1-26(2)14-34-23(16-7-6-8-17(30)13-16)22-21-19(24(31)28(4)25(32)27(21)3)20(29(22)26)15-9-11-18(33-5)12-10-15/h6-13,23,30H,14H2,1-5H3/t23-/m0/s1. The minimum Gasteiger partial charge on any atom is -0.508 e. The summed E-state index contributed by atoms with van der Waals surface area (Å²) in [4.78, 5) is 26.6. The maximum absolute atomic E-state index is 13.6. The van der Waals surface area contributed by atoms with Gasteiger partial charge >= 0.3 is 5.69 Å². The smallest absolute Gasteiger partial charge is 0.331 e. The Kier molecular flexibility index (Phi) is 4.95. The molecule has 0 unspecified atom stereocenters. The molecule has 2 aromatic heterocycles. The van der Waals surface area contributed by atoms with Crippen LogP contribution in [0.15, 0.2) is 58.1 Å². The number of ether oxygens (including phenoxy) is 2. The fourth-order valence-electron chi connectivity index (χ4n) is 4.96. The second-order valence-corrected chi connectivity index (χ2v) is 9.33. The van der Waals surface area contributed by atoms with Crippen LogP contribution in [-0.4, -0.2) is 32.5 Å². The molecule has 1 aliphatic rings. The summed E-state index contributed by atoms with van der Waals surface area (Å²) in [6, 6.07) is 14.4. The lowest BCUT2D eigenvalue weighted by Gasteiger charge is -2.39. The number of phenols is 1. The molecule has 8 heteroatoms. The van der Waals surface area contributed by atoms with Gasteiger partial charge in [0.2, 0.25) is 0 Å². The number of hydrogen-bond donors (Lipinski definition) is 1. The van der Waals surface area contributed by atoms with Gasteiger partial charge in [0.1, 0.15) is 17.6 Å². The van der Waals surface area contributed by atoms with E-state index in [1.165, 1.54) is 11.6 Å². The van der Waals surface area contributed by atoms with E-state index in [2.05, 4.69) is 4.57 Å². The molecule has 8 nitrogen and oxygen atoms in total. The van der Waals surface area contributed by atoms with E-state index in [0.29, 0.717) is 29.0 Å². The second-order valence-electron chi connectivity index (χ2n) is 9.33. The zero-order valence-electron chi connectivity index (χ0n) is 19.8. The third kappa shape index (κ3) is 3.09. The summed E-state index contributed by atoms with van der Waals surface area (Å²) in [7, 11) is 4.77. The highest BCUT2D eigenvalue weighted by Crippen LogP contribution is 2.45. The zero-order chi connectivity index (χ0) is 24.4. The average Bonchev–Trinajstić information content (AvgIpc) is 3.19. The Morgan fingerprint density at radius 2 is 1.76 bits per heavy atom. The number of rotatable bonds is 3. The van der Waals surface area contributed by atoms with E-state index in [9.17, 15) is 14.7 Å². The molecule has 1 N–H and O–H groups in total. The Bertz CT molecular complexity index is 1540. The molecule has 0 aliphatic carbocycles. The molecule has 2 aromatic carbocycles. The molecule has 0 saturated carbocycles. The molecule has 0 fully saturated rings. The molecular formula is C26H27N3O5. The summed E-state index contributed by atoms with van der Waals surface area (Å²) in [5.74, 6) is 0.826. The van der Waals surface area contributed by atoms with E-state index >= 15 is 0 Å². The fourth-order valence-corrected chi connectivity index (χ4v) is 4.96. The van der Waals surface area contributed by atoms with Gasteiger partial charge in [-0.3, -0.25) is 13.9 Å². The fraction of sp³-hybridized carbons (Fsp3) is 0.308. The molecule has 4 aromatic rings. The van der Waals surface area contributed by atoms with Crippen LogP contribution in [0.1, 0.15) is 31.2 Å². The van der Waals surface area contributed by atoms with Crippen LogP contribution in [0.25, 0.3) is 22.2 Å². The number of fused-ring (bicyclic) bond motifs is 3. The van der Waals surface area contributed by atoms with Crippen LogP contribution in [-0.2, 0) is 24.4 Å². The van der Waals surface area contributed by atoms with E-state index in [0.717, 1.165) is 21.4 Å². The lowest BCUT2D eigenvalue weighted by atomic mass is 9.98. The second kappa shape index (κ2) is 7.63. The minimum absolute atomic E-state index is 0.119. The molecule has 34 heavy (non-hydrogen) atoms. The van der Waals surface area contributed by atoms with Crippen LogP contribution >= 0.6 is 0 Å². The summed E-state index contributed by atoms with van der Waals surface area (Å²) in [6.07, 6.45) is -0.577. The van der Waals surface area contributed by atoms with E-state index in [4.69, 9.17) is 9.47 Å². The van der Waals surface area contributed by atoms with Gasteiger partial charge in [-0.1, -0.05) is 12.1 Å². The quantitative estimate of drug-likeness (QED) is 0.506. The summed E-state index contributed by atoms with van der Waals surface area (Å²) in [5, 5.41) is 10.6. The first-order valence-electron chi connectivity index (χ1n) is 11.1. The number of hydrogen-bond acceptors (Lipinski definition) is 5. The number of aromatic nitrogens is 3. The Balaban J connectivity index is 1.98. The normalized spacial score (nSPS) is 17.0. The van der Waals surface area contributed by atoms with Crippen molar-refractivity contribution in [2.24, 2.45) is 14.1 Å². The van der Waals surface area contributed by atoms with Crippen molar-refractivity contribution in [2.75, 3.05) is 13.7 Å². The Labute approximate surface area is 196 Å². The summed E-state index contributed by atoms with van der Waals surface area (Å²) < 4.78 is 16.4. The number of nitrogens with zero attached hydrogens (tertiary/aromatic N) is 3. The largest absolute Gasteiger partial charge is 0.508 e. The first kappa shape index (κ1) is 22.0. The van der Waals surface area contributed by atoms with Crippen molar-refractivity contribution >= 4 is 10.9 Å². The van der Waals surface area contributed by atoms with Crippen molar-refractivity contribution in [3.8, 4) is 22.8 Å². The van der Waals surface area contributed by atoms with Crippen LogP contribution in [0.4, 0.5) is 0 Å². The highest BCUT2D eigenvalue weighted by Gasteiger charge is 2.40. The SMILES string of the molecule is COc1ccc(-c2c3c(=O)n(C)c(=O)n(C)c3c3n2C(C)(C)CO[C@H]3c2cccc(O)c2)cc1. The van der Waals surface area contributed by atoms with Crippen molar-refractivity contribution in [3.63, 3.8) is 0 Å². The molecule has 1 atom stereocenters. The molecular weight excluding hydrogens is 434 g/mol. The van der Waals surface area contributed by atoms with Gasteiger partial charge in [0.05, 0.1) is 41.5 Å². The third-order valence-electron chi connectivity index (χ3n) is 6.60. The lowest BCUT2D eigenvalue weighted by Crippen LogP contribution is -2.40.